The first-order chi connectivity index (χ1) is 9.38. The van der Waals surface area contributed by atoms with Crippen LogP contribution in [0.25, 0.3) is 11.1 Å². The van der Waals surface area contributed by atoms with Gasteiger partial charge >= 0.3 is 0 Å². The fourth-order valence-electron chi connectivity index (χ4n) is 1.63. The number of hydrogen-bond donors (Lipinski definition) is 1. The van der Waals surface area contributed by atoms with Gasteiger partial charge in [-0.2, -0.15) is 0 Å². The molecule has 8 heteroatoms. The predicted molar refractivity (Wildman–Crippen MR) is 84.5 cm³/mol. The maximum atomic E-state index is 11.1. The fraction of sp³-hybridized carbons (Fsp3) is 0. The van der Waals surface area contributed by atoms with Crippen molar-refractivity contribution >= 4 is 70.1 Å². The van der Waals surface area contributed by atoms with Crippen LogP contribution in [0.1, 0.15) is 10.5 Å². The van der Waals surface area contributed by atoms with E-state index >= 15 is 0 Å². The Kier molecular flexibility index (Phi) is 4.67. The highest BCUT2D eigenvalue weighted by Gasteiger charge is 2.22. The minimum absolute atomic E-state index is 0.0446. The number of aldehydes is 1. The maximum absolute atomic E-state index is 11.1. The van der Waals surface area contributed by atoms with Gasteiger partial charge in [0.05, 0.1) is 25.1 Å². The molecule has 20 heavy (non-hydrogen) atoms. The summed E-state index contributed by atoms with van der Waals surface area (Å²) in [6, 6.07) is 3.06. The van der Waals surface area contributed by atoms with E-state index in [9.17, 15) is 4.79 Å². The summed E-state index contributed by atoms with van der Waals surface area (Å²) >= 11 is 30.2. The molecule has 0 radical (unpaired) electrons. The van der Waals surface area contributed by atoms with Gasteiger partial charge in [0, 0.05) is 11.1 Å². The molecular formula is C12H5Cl5N2O. The van der Waals surface area contributed by atoms with E-state index in [1.807, 2.05) is 0 Å². The SMILES string of the molecule is Nc1ccc(-c2c(Cl)c(Cl)c(Cl)c(Cl)c2Cl)c(C=O)n1. The number of benzene rings is 1. The molecule has 1 aromatic carbocycles. The van der Waals surface area contributed by atoms with Gasteiger partial charge in [-0.15, -0.1) is 0 Å². The molecule has 104 valence electrons. The molecule has 0 aliphatic rings. The van der Waals surface area contributed by atoms with Crippen molar-refractivity contribution in [2.45, 2.75) is 0 Å². The molecule has 2 N–H and O–H groups in total. The van der Waals surface area contributed by atoms with Gasteiger partial charge in [0.25, 0.3) is 0 Å². The highest BCUT2D eigenvalue weighted by atomic mass is 35.5. The highest BCUT2D eigenvalue weighted by molar-refractivity contribution is 6.56. The molecule has 0 fully saturated rings. The number of carbonyl (C=O) groups is 1. The van der Waals surface area contributed by atoms with Crippen LogP contribution in [0.5, 0.6) is 0 Å². The van der Waals surface area contributed by atoms with Crippen LogP contribution >= 0.6 is 58.0 Å². The van der Waals surface area contributed by atoms with E-state index in [1.165, 1.54) is 6.07 Å². The molecule has 0 unspecified atom stereocenters. The Labute approximate surface area is 139 Å². The molecule has 0 aliphatic heterocycles. The van der Waals surface area contributed by atoms with E-state index in [0.29, 0.717) is 11.8 Å². The van der Waals surface area contributed by atoms with E-state index in [-0.39, 0.29) is 42.2 Å². The highest BCUT2D eigenvalue weighted by Crippen LogP contribution is 2.48. The number of nitrogens with zero attached hydrogens (tertiary/aromatic N) is 1. The number of carbonyl (C=O) groups excluding carboxylic acids is 1. The number of hydrogen-bond acceptors (Lipinski definition) is 3. The molecule has 0 saturated heterocycles. The summed E-state index contributed by atoms with van der Waals surface area (Å²) in [5.74, 6) is 0.189. The minimum atomic E-state index is 0.0446. The Bertz CT molecular complexity index is 688. The van der Waals surface area contributed by atoms with Crippen molar-refractivity contribution in [3.05, 3.63) is 42.9 Å². The first-order valence-corrected chi connectivity index (χ1v) is 7.01. The molecule has 2 rings (SSSR count). The van der Waals surface area contributed by atoms with Crippen LogP contribution in [0.4, 0.5) is 5.82 Å². The fourth-order valence-corrected chi connectivity index (χ4v) is 2.98. The summed E-state index contributed by atoms with van der Waals surface area (Å²) in [5, 5.41) is 0.308. The summed E-state index contributed by atoms with van der Waals surface area (Å²) in [4.78, 5) is 15.0. The molecule has 3 nitrogen and oxygen atoms in total. The normalized spacial score (nSPS) is 10.7. The first-order valence-electron chi connectivity index (χ1n) is 5.12. The summed E-state index contributed by atoms with van der Waals surface area (Å²) in [5.41, 5.74) is 6.25. The van der Waals surface area contributed by atoms with Crippen LogP contribution in [0.3, 0.4) is 0 Å². The number of halogens is 5. The molecule has 2 aromatic rings. The van der Waals surface area contributed by atoms with Crippen LogP contribution in [-0.2, 0) is 0 Å². The molecule has 0 spiro atoms. The van der Waals surface area contributed by atoms with Crippen molar-refractivity contribution in [1.82, 2.24) is 4.98 Å². The van der Waals surface area contributed by atoms with E-state index < -0.39 is 0 Å². The zero-order valence-electron chi connectivity index (χ0n) is 9.55. The van der Waals surface area contributed by atoms with Gasteiger partial charge in [0.2, 0.25) is 0 Å². The minimum Gasteiger partial charge on any atom is -0.384 e. The van der Waals surface area contributed by atoms with Gasteiger partial charge < -0.3 is 5.73 Å². The lowest BCUT2D eigenvalue weighted by molar-refractivity contribution is 0.112. The number of rotatable bonds is 2. The standard InChI is InChI=1S/C12H5Cl5N2O/c13-8-7(9(14)11(16)12(17)10(8)15)4-1-2-6(18)19-5(4)3-20/h1-3H,(H2,18,19). The van der Waals surface area contributed by atoms with Gasteiger partial charge in [-0.05, 0) is 12.1 Å². The Morgan fingerprint density at radius 1 is 0.900 bits per heavy atom. The second kappa shape index (κ2) is 5.96. The Hall–Kier alpha value is -0.710. The zero-order chi connectivity index (χ0) is 15.0. The molecule has 1 aromatic heterocycles. The van der Waals surface area contributed by atoms with Crippen LogP contribution < -0.4 is 5.73 Å². The van der Waals surface area contributed by atoms with Crippen LogP contribution in [0.2, 0.25) is 25.1 Å². The maximum Gasteiger partial charge on any atom is 0.169 e. The van der Waals surface area contributed by atoms with Crippen molar-refractivity contribution in [2.75, 3.05) is 5.73 Å². The second-order valence-corrected chi connectivity index (χ2v) is 5.62. The predicted octanol–water partition coefficient (Wildman–Crippen LogP) is 5.41. The summed E-state index contributed by atoms with van der Waals surface area (Å²) in [6.45, 7) is 0. The van der Waals surface area contributed by atoms with Crippen molar-refractivity contribution in [3.8, 4) is 11.1 Å². The second-order valence-electron chi connectivity index (χ2n) is 3.73. The number of aromatic nitrogens is 1. The van der Waals surface area contributed by atoms with Gasteiger partial charge in [-0.1, -0.05) is 58.0 Å². The lowest BCUT2D eigenvalue weighted by Gasteiger charge is -2.13. The number of anilines is 1. The van der Waals surface area contributed by atoms with E-state index in [0.717, 1.165) is 0 Å². The van der Waals surface area contributed by atoms with Gasteiger partial charge in [0.15, 0.2) is 6.29 Å². The van der Waals surface area contributed by atoms with Crippen molar-refractivity contribution in [2.24, 2.45) is 0 Å². The van der Waals surface area contributed by atoms with Crippen molar-refractivity contribution < 1.29 is 4.79 Å². The third-order valence-electron chi connectivity index (χ3n) is 2.54. The Balaban J connectivity index is 2.87. The lowest BCUT2D eigenvalue weighted by Crippen LogP contribution is -1.98. The van der Waals surface area contributed by atoms with Crippen molar-refractivity contribution in [3.63, 3.8) is 0 Å². The topological polar surface area (TPSA) is 56.0 Å². The Morgan fingerprint density at radius 3 is 1.90 bits per heavy atom. The van der Waals surface area contributed by atoms with Crippen molar-refractivity contribution in [1.29, 1.82) is 0 Å². The van der Waals surface area contributed by atoms with E-state index in [4.69, 9.17) is 63.7 Å². The third kappa shape index (κ3) is 2.57. The Morgan fingerprint density at radius 2 is 1.40 bits per heavy atom. The zero-order valence-corrected chi connectivity index (χ0v) is 13.3. The molecule has 0 bridgehead atoms. The first kappa shape index (κ1) is 15.7. The van der Waals surface area contributed by atoms with Crippen LogP contribution in [0, 0.1) is 0 Å². The largest absolute Gasteiger partial charge is 0.384 e. The summed E-state index contributed by atoms with van der Waals surface area (Å²) in [7, 11) is 0. The lowest BCUT2D eigenvalue weighted by atomic mass is 10.0. The smallest absolute Gasteiger partial charge is 0.169 e. The van der Waals surface area contributed by atoms with Crippen LogP contribution in [-0.4, -0.2) is 11.3 Å². The third-order valence-corrected chi connectivity index (χ3v) is 4.81. The summed E-state index contributed by atoms with van der Waals surface area (Å²) < 4.78 is 0. The average Bonchev–Trinajstić information content (AvgIpc) is 2.44. The van der Waals surface area contributed by atoms with Gasteiger partial charge in [-0.3, -0.25) is 4.79 Å². The molecule has 1 heterocycles. The molecule has 0 atom stereocenters. The molecule has 0 aliphatic carbocycles. The number of nitrogens with two attached hydrogens (primary N) is 1. The number of pyridine rings is 1. The molecule has 0 saturated carbocycles. The average molecular weight is 370 g/mol. The monoisotopic (exact) mass is 368 g/mol. The molecule has 0 amide bonds. The van der Waals surface area contributed by atoms with E-state index in [2.05, 4.69) is 4.98 Å². The van der Waals surface area contributed by atoms with Gasteiger partial charge in [0.1, 0.15) is 11.5 Å². The number of nitrogen functional groups attached to an aromatic ring is 1. The van der Waals surface area contributed by atoms with E-state index in [1.54, 1.807) is 6.07 Å². The van der Waals surface area contributed by atoms with Gasteiger partial charge in [-0.25, -0.2) is 4.98 Å². The molecular weight excluding hydrogens is 365 g/mol. The van der Waals surface area contributed by atoms with Crippen LogP contribution in [0.15, 0.2) is 12.1 Å². The summed E-state index contributed by atoms with van der Waals surface area (Å²) in [6.07, 6.45) is 0.536. The quantitative estimate of drug-likeness (QED) is 0.437.